The quantitative estimate of drug-likeness (QED) is 0.429. The summed E-state index contributed by atoms with van der Waals surface area (Å²) in [5.74, 6) is 2.05. The highest BCUT2D eigenvalue weighted by Gasteiger charge is 2.31. The second kappa shape index (κ2) is 10.0. The van der Waals surface area contributed by atoms with Crippen LogP contribution in [0.1, 0.15) is 36.1 Å². The number of fused-ring (bicyclic) bond motifs is 1. The average molecular weight is 476 g/mol. The van der Waals surface area contributed by atoms with Crippen LogP contribution in [-0.2, 0) is 0 Å². The van der Waals surface area contributed by atoms with Crippen molar-refractivity contribution in [1.82, 2.24) is 4.90 Å². The van der Waals surface area contributed by atoms with Crippen molar-refractivity contribution in [3.05, 3.63) is 83.4 Å². The van der Waals surface area contributed by atoms with E-state index in [1.807, 2.05) is 36.4 Å². The first-order chi connectivity index (χ1) is 17.1. The fourth-order valence-electron chi connectivity index (χ4n) is 4.95. The van der Waals surface area contributed by atoms with E-state index in [1.54, 1.807) is 30.3 Å². The molecule has 35 heavy (non-hydrogen) atoms. The van der Waals surface area contributed by atoms with Crippen LogP contribution < -0.4 is 9.47 Å². The van der Waals surface area contributed by atoms with Crippen LogP contribution in [-0.4, -0.2) is 48.0 Å². The molecule has 0 bridgehead atoms. The largest absolute Gasteiger partial charge is 0.508 e. The number of halogens is 1. The molecule has 0 spiro atoms. The van der Waals surface area contributed by atoms with E-state index in [0.717, 1.165) is 65.4 Å². The number of alkyl halides is 1. The average Bonchev–Trinajstić information content (AvgIpc) is 2.84. The summed E-state index contributed by atoms with van der Waals surface area (Å²) in [6, 6.07) is 20.2. The summed E-state index contributed by atoms with van der Waals surface area (Å²) in [5.41, 5.74) is 4.74. The zero-order chi connectivity index (χ0) is 24.4. The summed E-state index contributed by atoms with van der Waals surface area (Å²) in [4.78, 5) is 2.20. The first-order valence-corrected chi connectivity index (χ1v) is 12.1. The second-order valence-corrected chi connectivity index (χ2v) is 9.17. The molecular weight excluding hydrogens is 445 g/mol. The van der Waals surface area contributed by atoms with Crippen molar-refractivity contribution in [3.8, 4) is 23.0 Å². The number of rotatable bonds is 8. The first kappa shape index (κ1) is 23.2. The molecule has 0 aliphatic carbocycles. The Labute approximate surface area is 205 Å². The summed E-state index contributed by atoms with van der Waals surface area (Å²) in [5, 5.41) is 20.3. The van der Waals surface area contributed by atoms with Crippen molar-refractivity contribution in [1.29, 1.82) is 0 Å². The molecule has 0 saturated carbocycles. The van der Waals surface area contributed by atoms with Crippen molar-refractivity contribution in [2.75, 3.05) is 32.9 Å². The van der Waals surface area contributed by atoms with Crippen molar-refractivity contribution in [2.24, 2.45) is 5.92 Å². The van der Waals surface area contributed by atoms with Gasteiger partial charge in [0.25, 0.3) is 0 Å². The number of phenolic OH excluding ortho intramolecular Hbond substituents is 2. The number of hydrogen-bond donors (Lipinski definition) is 2. The van der Waals surface area contributed by atoms with E-state index in [2.05, 4.69) is 11.8 Å². The third-order valence-electron chi connectivity index (χ3n) is 6.74. The molecule has 182 valence electrons. The minimum Gasteiger partial charge on any atom is -0.508 e. The van der Waals surface area contributed by atoms with Gasteiger partial charge in [-0.25, -0.2) is 0 Å². The normalized spacial score (nSPS) is 18.1. The van der Waals surface area contributed by atoms with E-state index in [0.29, 0.717) is 6.61 Å². The van der Waals surface area contributed by atoms with Crippen LogP contribution in [0.5, 0.6) is 23.0 Å². The summed E-state index contributed by atoms with van der Waals surface area (Å²) >= 11 is 0. The summed E-state index contributed by atoms with van der Waals surface area (Å²) in [6.45, 7) is 4.80. The second-order valence-electron chi connectivity index (χ2n) is 9.17. The maximum atomic E-state index is 12.6. The van der Waals surface area contributed by atoms with Gasteiger partial charge in [0.05, 0.1) is 6.67 Å². The third-order valence-corrected chi connectivity index (χ3v) is 6.74. The Balaban J connectivity index is 1.41. The van der Waals surface area contributed by atoms with Crippen molar-refractivity contribution < 1.29 is 24.1 Å². The van der Waals surface area contributed by atoms with E-state index in [-0.39, 0.29) is 30.2 Å². The molecule has 2 aliphatic rings. The predicted molar refractivity (Wildman–Crippen MR) is 135 cm³/mol. The molecule has 0 radical (unpaired) electrons. The molecule has 5 nitrogen and oxygen atoms in total. The maximum absolute atomic E-state index is 12.6. The molecule has 0 amide bonds. The lowest BCUT2D eigenvalue weighted by Crippen LogP contribution is -2.49. The van der Waals surface area contributed by atoms with Gasteiger partial charge in [-0.05, 0) is 65.6 Å². The summed E-state index contributed by atoms with van der Waals surface area (Å²) in [7, 11) is 0. The molecule has 1 fully saturated rings. The van der Waals surface area contributed by atoms with Crippen LogP contribution in [0, 0.1) is 5.92 Å². The smallest absolute Gasteiger partial charge is 0.150 e. The topological polar surface area (TPSA) is 62.2 Å². The number of likely N-dealkylation sites (tertiary alicyclic amines) is 1. The SMILES string of the molecule is CCC1=C(c2cccc(O)c2)[C@@H](c2ccc(OCCN3CC(CF)C3)cc2)Oc2ccc(O)cc21. The van der Waals surface area contributed by atoms with E-state index in [4.69, 9.17) is 9.47 Å². The summed E-state index contributed by atoms with van der Waals surface area (Å²) < 4.78 is 25.0. The number of aromatic hydroxyl groups is 2. The van der Waals surface area contributed by atoms with Gasteiger partial charge >= 0.3 is 0 Å². The number of ether oxygens (including phenoxy) is 2. The third kappa shape index (κ3) is 4.84. The first-order valence-electron chi connectivity index (χ1n) is 12.1. The van der Waals surface area contributed by atoms with Crippen LogP contribution in [0.4, 0.5) is 4.39 Å². The Morgan fingerprint density at radius 1 is 1.00 bits per heavy atom. The van der Waals surface area contributed by atoms with Crippen molar-refractivity contribution >= 4 is 11.1 Å². The lowest BCUT2D eigenvalue weighted by atomic mass is 9.84. The Morgan fingerprint density at radius 2 is 1.77 bits per heavy atom. The monoisotopic (exact) mass is 475 g/mol. The van der Waals surface area contributed by atoms with Gasteiger partial charge in [-0.2, -0.15) is 0 Å². The molecule has 6 heteroatoms. The molecule has 3 aromatic carbocycles. The lowest BCUT2D eigenvalue weighted by Gasteiger charge is -2.37. The fraction of sp³-hybridized carbons (Fsp3) is 0.310. The van der Waals surface area contributed by atoms with Gasteiger partial charge in [0, 0.05) is 36.7 Å². The molecule has 5 rings (SSSR count). The van der Waals surface area contributed by atoms with E-state index >= 15 is 0 Å². The molecule has 1 atom stereocenters. The van der Waals surface area contributed by atoms with Gasteiger partial charge in [-0.3, -0.25) is 9.29 Å². The minimum atomic E-state index is -0.378. The zero-order valence-corrected chi connectivity index (χ0v) is 19.8. The number of allylic oxidation sites excluding steroid dienone is 1. The minimum absolute atomic E-state index is 0.181. The molecular formula is C29H30FNO4. The molecule has 1 saturated heterocycles. The van der Waals surface area contributed by atoms with E-state index in [1.165, 1.54) is 0 Å². The van der Waals surface area contributed by atoms with Gasteiger partial charge in [0.15, 0.2) is 0 Å². The van der Waals surface area contributed by atoms with Crippen molar-refractivity contribution in [3.63, 3.8) is 0 Å². The van der Waals surface area contributed by atoms with Crippen LogP contribution in [0.3, 0.4) is 0 Å². The maximum Gasteiger partial charge on any atom is 0.150 e. The number of hydrogen-bond acceptors (Lipinski definition) is 5. The van der Waals surface area contributed by atoms with Crippen LogP contribution in [0.15, 0.2) is 66.7 Å². The number of benzene rings is 3. The molecule has 2 aliphatic heterocycles. The van der Waals surface area contributed by atoms with Gasteiger partial charge in [-0.15, -0.1) is 0 Å². The highest BCUT2D eigenvalue weighted by Crippen LogP contribution is 2.49. The fourth-order valence-corrected chi connectivity index (χ4v) is 4.95. The van der Waals surface area contributed by atoms with Crippen LogP contribution in [0.2, 0.25) is 0 Å². The van der Waals surface area contributed by atoms with Crippen LogP contribution in [0.25, 0.3) is 11.1 Å². The lowest BCUT2D eigenvalue weighted by molar-refractivity contribution is 0.0668. The van der Waals surface area contributed by atoms with Gasteiger partial charge in [0.1, 0.15) is 35.7 Å². The highest BCUT2D eigenvalue weighted by molar-refractivity contribution is 5.96. The van der Waals surface area contributed by atoms with Gasteiger partial charge in [-0.1, -0.05) is 31.2 Å². The molecule has 2 N–H and O–H groups in total. The van der Waals surface area contributed by atoms with Gasteiger partial charge < -0.3 is 19.7 Å². The number of phenols is 2. The molecule has 3 aromatic rings. The Hall–Kier alpha value is -3.51. The zero-order valence-electron chi connectivity index (χ0n) is 19.8. The Morgan fingerprint density at radius 3 is 2.49 bits per heavy atom. The Bertz CT molecular complexity index is 1220. The summed E-state index contributed by atoms with van der Waals surface area (Å²) in [6.07, 6.45) is 0.360. The number of nitrogens with zero attached hydrogens (tertiary/aromatic N) is 1. The van der Waals surface area contributed by atoms with Crippen molar-refractivity contribution in [2.45, 2.75) is 19.4 Å². The standard InChI is InChI=1S/C29H30FNO4/c1-2-25-26-15-23(33)8-11-27(26)35-29(28(25)21-4-3-5-22(32)14-21)20-6-9-24(10-7-20)34-13-12-31-17-19(16-30)18-31/h3-11,14-15,19,29,32-33H,2,12-13,16-18H2,1H3/t29-/m1/s1. The van der Waals surface area contributed by atoms with Gasteiger partial charge in [0.2, 0.25) is 0 Å². The van der Waals surface area contributed by atoms with E-state index in [9.17, 15) is 14.6 Å². The highest BCUT2D eigenvalue weighted by atomic mass is 19.1. The molecule has 0 unspecified atom stereocenters. The van der Waals surface area contributed by atoms with E-state index < -0.39 is 0 Å². The predicted octanol–water partition coefficient (Wildman–Crippen LogP) is 5.83. The van der Waals surface area contributed by atoms with Crippen LogP contribution >= 0.6 is 0 Å². The molecule has 2 heterocycles. The molecule has 0 aromatic heterocycles. The Kier molecular flexibility index (Phi) is 6.64.